The van der Waals surface area contributed by atoms with Crippen molar-refractivity contribution >= 4 is 10.0 Å². The molecule has 1 aliphatic carbocycles. The number of aryl methyl sites for hydroxylation is 1. The van der Waals surface area contributed by atoms with E-state index in [2.05, 4.69) is 21.6 Å². The van der Waals surface area contributed by atoms with Crippen molar-refractivity contribution in [1.82, 2.24) is 14.7 Å². The molecule has 1 heterocycles. The van der Waals surface area contributed by atoms with Crippen molar-refractivity contribution in [1.29, 1.82) is 0 Å². The topological polar surface area (TPSA) is 74.8 Å². The largest absolute Gasteiger partial charge is 0.332 e. The first-order chi connectivity index (χ1) is 8.03. The molecule has 1 fully saturated rings. The van der Waals surface area contributed by atoms with Crippen LogP contribution in [0.25, 0.3) is 0 Å². The van der Waals surface area contributed by atoms with Crippen molar-refractivity contribution in [2.24, 2.45) is 11.8 Å². The van der Waals surface area contributed by atoms with Crippen molar-refractivity contribution in [3.63, 3.8) is 0 Å². The lowest BCUT2D eigenvalue weighted by atomic mass is 10.1. The molecule has 1 atom stereocenters. The zero-order valence-corrected chi connectivity index (χ0v) is 11.0. The third-order valence-electron chi connectivity index (χ3n) is 3.25. The lowest BCUT2D eigenvalue weighted by Gasteiger charge is -2.10. The van der Waals surface area contributed by atoms with Gasteiger partial charge in [0.2, 0.25) is 0 Å². The van der Waals surface area contributed by atoms with Crippen LogP contribution in [0.2, 0.25) is 0 Å². The molecule has 96 valence electrons. The molecule has 17 heavy (non-hydrogen) atoms. The van der Waals surface area contributed by atoms with E-state index in [-0.39, 0.29) is 5.03 Å². The zero-order valence-electron chi connectivity index (χ0n) is 10.2. The van der Waals surface area contributed by atoms with Gasteiger partial charge in [-0.3, -0.25) is 0 Å². The molecule has 2 N–H and O–H groups in total. The number of aromatic amines is 1. The van der Waals surface area contributed by atoms with Crippen LogP contribution in [-0.2, 0) is 16.4 Å². The minimum Gasteiger partial charge on any atom is -0.332 e. The molecule has 6 heteroatoms. The average molecular weight is 257 g/mol. The molecule has 0 bridgehead atoms. The van der Waals surface area contributed by atoms with Crippen LogP contribution >= 0.6 is 0 Å². The van der Waals surface area contributed by atoms with Gasteiger partial charge in [-0.05, 0) is 24.7 Å². The minimum absolute atomic E-state index is 0.164. The fraction of sp³-hybridized carbons (Fsp3) is 0.727. The predicted molar refractivity (Wildman–Crippen MR) is 65.0 cm³/mol. The molecule has 0 saturated heterocycles. The quantitative estimate of drug-likeness (QED) is 0.806. The monoisotopic (exact) mass is 257 g/mol. The molecule has 0 radical (unpaired) electrons. The number of imidazole rings is 1. The third-order valence-corrected chi connectivity index (χ3v) is 4.58. The van der Waals surface area contributed by atoms with Gasteiger partial charge in [-0.15, -0.1) is 0 Å². The summed E-state index contributed by atoms with van der Waals surface area (Å²) in [6.07, 6.45) is 4.54. The Morgan fingerprint density at radius 3 is 2.82 bits per heavy atom. The highest BCUT2D eigenvalue weighted by Crippen LogP contribution is 2.36. The number of aromatic nitrogens is 2. The fourth-order valence-electron chi connectivity index (χ4n) is 1.81. The van der Waals surface area contributed by atoms with E-state index < -0.39 is 10.0 Å². The first-order valence-electron chi connectivity index (χ1n) is 6.06. The molecule has 5 nitrogen and oxygen atoms in total. The van der Waals surface area contributed by atoms with E-state index in [1.54, 1.807) is 0 Å². The van der Waals surface area contributed by atoms with E-state index in [1.807, 2.05) is 6.92 Å². The van der Waals surface area contributed by atoms with Crippen LogP contribution in [-0.4, -0.2) is 24.9 Å². The Kier molecular flexibility index (Phi) is 3.53. The molecule has 1 aromatic heterocycles. The van der Waals surface area contributed by atoms with Crippen molar-refractivity contribution in [2.75, 3.05) is 6.54 Å². The summed E-state index contributed by atoms with van der Waals surface area (Å²) in [5.41, 5.74) is 0. The average Bonchev–Trinajstić information content (AvgIpc) is 3.03. The Balaban J connectivity index is 1.97. The first kappa shape index (κ1) is 12.6. The summed E-state index contributed by atoms with van der Waals surface area (Å²) in [5, 5.41) is 0.164. The van der Waals surface area contributed by atoms with E-state index in [9.17, 15) is 8.42 Å². The van der Waals surface area contributed by atoms with Crippen molar-refractivity contribution in [2.45, 2.75) is 38.1 Å². The predicted octanol–water partition coefficient (Wildman–Crippen LogP) is 1.30. The lowest BCUT2D eigenvalue weighted by Crippen LogP contribution is -2.29. The molecule has 0 aliphatic heterocycles. The Labute approximate surface area is 102 Å². The van der Waals surface area contributed by atoms with Gasteiger partial charge in [0, 0.05) is 13.0 Å². The zero-order chi connectivity index (χ0) is 12.5. The van der Waals surface area contributed by atoms with Gasteiger partial charge in [-0.25, -0.2) is 18.1 Å². The number of H-pyrrole nitrogens is 1. The molecule has 1 aromatic rings. The Morgan fingerprint density at radius 1 is 1.59 bits per heavy atom. The van der Waals surface area contributed by atoms with Crippen LogP contribution in [0.15, 0.2) is 11.2 Å². The van der Waals surface area contributed by atoms with Crippen LogP contribution in [0, 0.1) is 11.8 Å². The minimum atomic E-state index is -3.42. The van der Waals surface area contributed by atoms with Crippen LogP contribution < -0.4 is 4.72 Å². The van der Waals surface area contributed by atoms with E-state index in [0.29, 0.717) is 30.6 Å². The van der Waals surface area contributed by atoms with E-state index >= 15 is 0 Å². The fourth-order valence-corrected chi connectivity index (χ4v) is 2.89. The highest BCUT2D eigenvalue weighted by Gasteiger charge is 2.29. The van der Waals surface area contributed by atoms with Gasteiger partial charge in [-0.2, -0.15) is 0 Å². The third kappa shape index (κ3) is 3.07. The number of hydrogen-bond acceptors (Lipinski definition) is 3. The summed E-state index contributed by atoms with van der Waals surface area (Å²) in [6, 6.07) is 0. The standard InChI is InChI=1S/C11H19N3O2S/c1-3-10-12-7-11(14-10)17(15,16)13-6-8(2)9-4-5-9/h7-9,13H,3-6H2,1-2H3,(H,12,14). The molecule has 0 spiro atoms. The molecule has 1 saturated carbocycles. The normalized spacial score (nSPS) is 18.2. The SMILES string of the molecule is CCc1ncc(S(=O)(=O)NCC(C)C2CC2)[nH]1. The molecule has 2 rings (SSSR count). The van der Waals surface area contributed by atoms with Gasteiger partial charge in [0.1, 0.15) is 5.82 Å². The summed E-state index contributed by atoms with van der Waals surface area (Å²) in [6.45, 7) is 4.52. The number of rotatable bonds is 6. The smallest absolute Gasteiger partial charge is 0.257 e. The lowest BCUT2D eigenvalue weighted by molar-refractivity contribution is 0.491. The Hall–Kier alpha value is -0.880. The molecular formula is C11H19N3O2S. The summed E-state index contributed by atoms with van der Waals surface area (Å²) in [5.74, 6) is 1.81. The first-order valence-corrected chi connectivity index (χ1v) is 7.54. The van der Waals surface area contributed by atoms with Crippen molar-refractivity contribution in [3.05, 3.63) is 12.0 Å². The van der Waals surface area contributed by atoms with Crippen LogP contribution in [0.5, 0.6) is 0 Å². The van der Waals surface area contributed by atoms with E-state index in [4.69, 9.17) is 0 Å². The molecule has 1 unspecified atom stereocenters. The second kappa shape index (κ2) is 4.78. The van der Waals surface area contributed by atoms with Gasteiger partial charge in [0.15, 0.2) is 5.03 Å². The molecular weight excluding hydrogens is 238 g/mol. The molecule has 1 aliphatic rings. The maximum Gasteiger partial charge on any atom is 0.257 e. The highest BCUT2D eigenvalue weighted by molar-refractivity contribution is 7.89. The van der Waals surface area contributed by atoms with Gasteiger partial charge in [0.25, 0.3) is 10.0 Å². The summed E-state index contributed by atoms with van der Waals surface area (Å²) >= 11 is 0. The molecule has 0 aromatic carbocycles. The van der Waals surface area contributed by atoms with E-state index in [1.165, 1.54) is 19.0 Å². The summed E-state index contributed by atoms with van der Waals surface area (Å²) in [7, 11) is -3.42. The number of nitrogens with zero attached hydrogens (tertiary/aromatic N) is 1. The number of sulfonamides is 1. The highest BCUT2D eigenvalue weighted by atomic mass is 32.2. The van der Waals surface area contributed by atoms with Crippen LogP contribution in [0.1, 0.15) is 32.5 Å². The number of hydrogen-bond donors (Lipinski definition) is 2. The second-order valence-electron chi connectivity index (χ2n) is 4.71. The van der Waals surface area contributed by atoms with E-state index in [0.717, 1.165) is 0 Å². The molecule has 0 amide bonds. The Morgan fingerprint density at radius 2 is 2.29 bits per heavy atom. The van der Waals surface area contributed by atoms with Crippen LogP contribution in [0.4, 0.5) is 0 Å². The van der Waals surface area contributed by atoms with Crippen molar-refractivity contribution in [3.8, 4) is 0 Å². The maximum atomic E-state index is 11.9. The van der Waals surface area contributed by atoms with Gasteiger partial charge >= 0.3 is 0 Å². The van der Waals surface area contributed by atoms with Gasteiger partial charge < -0.3 is 4.98 Å². The van der Waals surface area contributed by atoms with Crippen LogP contribution in [0.3, 0.4) is 0 Å². The van der Waals surface area contributed by atoms with Gasteiger partial charge in [0.05, 0.1) is 6.20 Å². The maximum absolute atomic E-state index is 11.9. The summed E-state index contributed by atoms with van der Waals surface area (Å²) < 4.78 is 26.5. The summed E-state index contributed by atoms with van der Waals surface area (Å²) in [4.78, 5) is 6.81. The van der Waals surface area contributed by atoms with Gasteiger partial charge in [-0.1, -0.05) is 13.8 Å². The second-order valence-corrected chi connectivity index (χ2v) is 6.45. The van der Waals surface area contributed by atoms with Crippen molar-refractivity contribution < 1.29 is 8.42 Å². The Bertz CT molecular complexity index is 477. The number of nitrogens with one attached hydrogen (secondary N) is 2.